The fourth-order valence-corrected chi connectivity index (χ4v) is 2.82. The molecule has 0 bridgehead atoms. The first-order chi connectivity index (χ1) is 9.28. The van der Waals surface area contributed by atoms with Gasteiger partial charge >= 0.3 is 0 Å². The van der Waals surface area contributed by atoms with Gasteiger partial charge in [0.05, 0.1) is 12.6 Å². The summed E-state index contributed by atoms with van der Waals surface area (Å²) in [6.07, 6.45) is 6.17. The normalized spacial score (nSPS) is 17.3. The smallest absolute Gasteiger partial charge is 0.220 e. The van der Waals surface area contributed by atoms with Gasteiger partial charge in [-0.2, -0.15) is 0 Å². The molecule has 104 valence electrons. The molecule has 1 fully saturated rings. The number of carbonyl (C=O) groups is 1. The molecule has 19 heavy (non-hydrogen) atoms. The van der Waals surface area contributed by atoms with Crippen LogP contribution < -0.4 is 5.32 Å². The SMILES string of the molecule is O=C(CC1CCCC1)N[C@H](CO)Cc1ccccc1. The maximum absolute atomic E-state index is 11.9. The Labute approximate surface area is 115 Å². The standard InChI is InChI=1S/C16H23NO2/c18-12-15(10-13-6-2-1-3-7-13)17-16(19)11-14-8-4-5-9-14/h1-3,6-7,14-15,18H,4-5,8-12H2,(H,17,19)/t15-/m0/s1. The van der Waals surface area contributed by atoms with Crippen LogP contribution in [0.15, 0.2) is 30.3 Å². The van der Waals surface area contributed by atoms with Crippen molar-refractivity contribution in [2.75, 3.05) is 6.61 Å². The van der Waals surface area contributed by atoms with Crippen LogP contribution in [0.1, 0.15) is 37.7 Å². The molecule has 0 radical (unpaired) electrons. The second-order valence-corrected chi connectivity index (χ2v) is 5.49. The molecule has 2 N–H and O–H groups in total. The van der Waals surface area contributed by atoms with Gasteiger partial charge in [0, 0.05) is 6.42 Å². The Kier molecular flexibility index (Phi) is 5.40. The number of carbonyl (C=O) groups excluding carboxylic acids is 1. The van der Waals surface area contributed by atoms with Crippen LogP contribution in [0.2, 0.25) is 0 Å². The summed E-state index contributed by atoms with van der Waals surface area (Å²) < 4.78 is 0. The number of rotatable bonds is 6. The topological polar surface area (TPSA) is 49.3 Å². The molecule has 2 rings (SSSR count). The Morgan fingerprint density at radius 1 is 1.26 bits per heavy atom. The first-order valence-electron chi connectivity index (χ1n) is 7.22. The molecule has 0 heterocycles. The first-order valence-corrected chi connectivity index (χ1v) is 7.22. The highest BCUT2D eigenvalue weighted by Crippen LogP contribution is 2.27. The van der Waals surface area contributed by atoms with E-state index >= 15 is 0 Å². The summed E-state index contributed by atoms with van der Waals surface area (Å²) in [6.45, 7) is -0.00863. The maximum atomic E-state index is 11.9. The highest BCUT2D eigenvalue weighted by Gasteiger charge is 2.20. The highest BCUT2D eigenvalue weighted by molar-refractivity contribution is 5.76. The predicted molar refractivity (Wildman–Crippen MR) is 75.7 cm³/mol. The quantitative estimate of drug-likeness (QED) is 0.825. The van der Waals surface area contributed by atoms with Crippen molar-refractivity contribution in [1.29, 1.82) is 0 Å². The van der Waals surface area contributed by atoms with Crippen LogP contribution in [0.5, 0.6) is 0 Å². The fourth-order valence-electron chi connectivity index (χ4n) is 2.82. The third-order valence-corrected chi connectivity index (χ3v) is 3.86. The zero-order valence-electron chi connectivity index (χ0n) is 11.3. The van der Waals surface area contributed by atoms with Gasteiger partial charge in [-0.3, -0.25) is 4.79 Å². The van der Waals surface area contributed by atoms with Crippen LogP contribution in [0, 0.1) is 5.92 Å². The van der Waals surface area contributed by atoms with Gasteiger partial charge in [0.2, 0.25) is 5.91 Å². The monoisotopic (exact) mass is 261 g/mol. The van der Waals surface area contributed by atoms with Crippen LogP contribution >= 0.6 is 0 Å². The summed E-state index contributed by atoms with van der Waals surface area (Å²) in [5.74, 6) is 0.637. The minimum Gasteiger partial charge on any atom is -0.394 e. The van der Waals surface area contributed by atoms with Gasteiger partial charge < -0.3 is 10.4 Å². The van der Waals surface area contributed by atoms with E-state index < -0.39 is 0 Å². The van der Waals surface area contributed by atoms with Crippen LogP contribution in [0.4, 0.5) is 0 Å². The van der Waals surface area contributed by atoms with Gasteiger partial charge in [0.1, 0.15) is 0 Å². The van der Waals surface area contributed by atoms with Crippen molar-refractivity contribution < 1.29 is 9.90 Å². The summed E-state index contributed by atoms with van der Waals surface area (Å²) in [6, 6.07) is 9.79. The van der Waals surface area contributed by atoms with Crippen LogP contribution in [0.25, 0.3) is 0 Å². The van der Waals surface area contributed by atoms with E-state index in [-0.39, 0.29) is 18.6 Å². The van der Waals surface area contributed by atoms with Crippen molar-refractivity contribution in [3.05, 3.63) is 35.9 Å². The van der Waals surface area contributed by atoms with E-state index in [1.807, 2.05) is 30.3 Å². The van der Waals surface area contributed by atoms with Crippen molar-refractivity contribution in [1.82, 2.24) is 5.32 Å². The van der Waals surface area contributed by atoms with Gasteiger partial charge in [-0.25, -0.2) is 0 Å². The zero-order valence-corrected chi connectivity index (χ0v) is 11.3. The minimum absolute atomic E-state index is 0.00863. The lowest BCUT2D eigenvalue weighted by molar-refractivity contribution is -0.123. The van der Waals surface area contributed by atoms with Crippen molar-refractivity contribution >= 4 is 5.91 Å². The lowest BCUT2D eigenvalue weighted by atomic mass is 10.0. The molecule has 3 heteroatoms. The van der Waals surface area contributed by atoms with Crippen LogP contribution in [-0.4, -0.2) is 23.7 Å². The van der Waals surface area contributed by atoms with Crippen molar-refractivity contribution in [3.8, 4) is 0 Å². The van der Waals surface area contributed by atoms with Crippen molar-refractivity contribution in [2.24, 2.45) is 5.92 Å². The molecule has 1 aliphatic carbocycles. The zero-order chi connectivity index (χ0) is 13.5. The van der Waals surface area contributed by atoms with E-state index in [4.69, 9.17) is 0 Å². The molecule has 1 atom stereocenters. The number of benzene rings is 1. The molecule has 0 aromatic heterocycles. The van der Waals surface area contributed by atoms with Crippen molar-refractivity contribution in [3.63, 3.8) is 0 Å². The second-order valence-electron chi connectivity index (χ2n) is 5.49. The Hall–Kier alpha value is -1.35. The molecule has 1 aromatic carbocycles. The second kappa shape index (κ2) is 7.29. The van der Waals surface area contributed by atoms with Crippen LogP contribution in [-0.2, 0) is 11.2 Å². The van der Waals surface area contributed by atoms with Gasteiger partial charge in [0.25, 0.3) is 0 Å². The number of aliphatic hydroxyl groups excluding tert-OH is 1. The molecule has 1 amide bonds. The summed E-state index contributed by atoms with van der Waals surface area (Å²) in [7, 11) is 0. The number of hydrogen-bond donors (Lipinski definition) is 2. The van der Waals surface area contributed by atoms with E-state index in [0.717, 1.165) is 5.56 Å². The van der Waals surface area contributed by atoms with E-state index in [1.54, 1.807) is 0 Å². The van der Waals surface area contributed by atoms with E-state index in [1.165, 1.54) is 25.7 Å². The first kappa shape index (κ1) is 14.1. The molecule has 0 unspecified atom stereocenters. The third kappa shape index (κ3) is 4.67. The third-order valence-electron chi connectivity index (χ3n) is 3.86. The molecule has 0 spiro atoms. The number of aliphatic hydroxyl groups is 1. The molecule has 0 saturated heterocycles. The largest absolute Gasteiger partial charge is 0.394 e. The average Bonchev–Trinajstić information content (AvgIpc) is 2.92. The number of hydrogen-bond acceptors (Lipinski definition) is 2. The van der Waals surface area contributed by atoms with Gasteiger partial charge in [-0.05, 0) is 30.7 Å². The average molecular weight is 261 g/mol. The Morgan fingerprint density at radius 2 is 1.95 bits per heavy atom. The Bertz CT molecular complexity index is 385. The molecular weight excluding hydrogens is 238 g/mol. The lowest BCUT2D eigenvalue weighted by Crippen LogP contribution is -2.39. The molecule has 1 aliphatic rings. The van der Waals surface area contributed by atoms with E-state index in [2.05, 4.69) is 5.32 Å². The Morgan fingerprint density at radius 3 is 2.58 bits per heavy atom. The highest BCUT2D eigenvalue weighted by atomic mass is 16.3. The minimum atomic E-state index is -0.170. The predicted octanol–water partition coefficient (Wildman–Crippen LogP) is 2.29. The molecular formula is C16H23NO2. The summed E-state index contributed by atoms with van der Waals surface area (Å²) in [5, 5.41) is 12.3. The van der Waals surface area contributed by atoms with E-state index in [0.29, 0.717) is 18.8 Å². The lowest BCUT2D eigenvalue weighted by Gasteiger charge is -2.18. The summed E-state index contributed by atoms with van der Waals surface area (Å²) in [5.41, 5.74) is 1.14. The Balaban J connectivity index is 1.79. The molecule has 0 aliphatic heterocycles. The number of nitrogens with one attached hydrogen (secondary N) is 1. The number of amides is 1. The summed E-state index contributed by atoms with van der Waals surface area (Å²) in [4.78, 5) is 11.9. The van der Waals surface area contributed by atoms with Crippen LogP contribution in [0.3, 0.4) is 0 Å². The van der Waals surface area contributed by atoms with Gasteiger partial charge in [0.15, 0.2) is 0 Å². The molecule has 3 nitrogen and oxygen atoms in total. The molecule has 1 saturated carbocycles. The van der Waals surface area contributed by atoms with Gasteiger partial charge in [-0.15, -0.1) is 0 Å². The maximum Gasteiger partial charge on any atom is 0.220 e. The van der Waals surface area contributed by atoms with E-state index in [9.17, 15) is 9.90 Å². The summed E-state index contributed by atoms with van der Waals surface area (Å²) >= 11 is 0. The molecule has 1 aromatic rings. The van der Waals surface area contributed by atoms with Gasteiger partial charge in [-0.1, -0.05) is 43.2 Å². The van der Waals surface area contributed by atoms with Crippen molar-refractivity contribution in [2.45, 2.75) is 44.6 Å². The fraction of sp³-hybridized carbons (Fsp3) is 0.562.